The van der Waals surface area contributed by atoms with Gasteiger partial charge in [-0.05, 0) is 48.9 Å². The van der Waals surface area contributed by atoms with E-state index in [1.54, 1.807) is 17.0 Å². The minimum absolute atomic E-state index is 0.194. The van der Waals surface area contributed by atoms with Crippen molar-refractivity contribution in [1.29, 1.82) is 0 Å². The molecular formula is C21H21F2NO3. The summed E-state index contributed by atoms with van der Waals surface area (Å²) in [6, 6.07) is 10.5. The van der Waals surface area contributed by atoms with Crippen molar-refractivity contribution in [2.24, 2.45) is 5.92 Å². The molecule has 3 rings (SSSR count). The minimum atomic E-state index is -0.940. The lowest BCUT2D eigenvalue weighted by Crippen LogP contribution is -2.40. The maximum Gasteiger partial charge on any atom is 0.335 e. The Bertz CT molecular complexity index is 825. The number of aromatic carboxylic acids is 1. The van der Waals surface area contributed by atoms with Crippen molar-refractivity contribution in [3.63, 3.8) is 0 Å². The number of amides is 1. The fraction of sp³-hybridized carbons (Fsp3) is 0.333. The first kappa shape index (κ1) is 19.0. The van der Waals surface area contributed by atoms with Gasteiger partial charge < -0.3 is 10.0 Å². The lowest BCUT2D eigenvalue weighted by molar-refractivity contribution is -0.131. The van der Waals surface area contributed by atoms with E-state index in [0.717, 1.165) is 30.5 Å². The Morgan fingerprint density at radius 1 is 1.00 bits per heavy atom. The maximum absolute atomic E-state index is 13.7. The van der Waals surface area contributed by atoms with E-state index < -0.39 is 17.6 Å². The van der Waals surface area contributed by atoms with Crippen LogP contribution >= 0.6 is 0 Å². The first-order valence-corrected chi connectivity index (χ1v) is 8.97. The van der Waals surface area contributed by atoms with Crippen LogP contribution in [-0.2, 0) is 17.6 Å². The molecule has 6 heteroatoms. The molecule has 1 fully saturated rings. The summed E-state index contributed by atoms with van der Waals surface area (Å²) < 4.78 is 27.5. The second-order valence-electron chi connectivity index (χ2n) is 6.87. The number of carbonyl (C=O) groups excluding carboxylic acids is 1. The highest BCUT2D eigenvalue weighted by Crippen LogP contribution is 2.24. The first-order chi connectivity index (χ1) is 13.0. The van der Waals surface area contributed by atoms with Crippen LogP contribution in [0.5, 0.6) is 0 Å². The molecule has 0 aromatic heterocycles. The fourth-order valence-electron chi connectivity index (χ4n) is 3.57. The zero-order valence-electron chi connectivity index (χ0n) is 14.8. The summed E-state index contributed by atoms with van der Waals surface area (Å²) in [6.45, 7) is 1.02. The Kier molecular flexibility index (Phi) is 5.84. The molecule has 4 nitrogen and oxygen atoms in total. The quantitative estimate of drug-likeness (QED) is 0.870. The third kappa shape index (κ3) is 4.51. The fourth-order valence-corrected chi connectivity index (χ4v) is 3.57. The van der Waals surface area contributed by atoms with Crippen molar-refractivity contribution in [2.75, 3.05) is 13.1 Å². The van der Waals surface area contributed by atoms with E-state index in [4.69, 9.17) is 0 Å². The van der Waals surface area contributed by atoms with Crippen LogP contribution in [0, 0.1) is 17.6 Å². The Morgan fingerprint density at radius 2 is 1.63 bits per heavy atom. The molecule has 1 aliphatic heterocycles. The van der Waals surface area contributed by atoms with Crippen LogP contribution in [0.25, 0.3) is 0 Å². The normalized spacial score (nSPS) is 15.0. The average Bonchev–Trinajstić information content (AvgIpc) is 2.65. The monoisotopic (exact) mass is 373 g/mol. The molecule has 2 aromatic carbocycles. The summed E-state index contributed by atoms with van der Waals surface area (Å²) in [5.41, 5.74) is 0.911. The van der Waals surface area contributed by atoms with Gasteiger partial charge in [0, 0.05) is 18.7 Å². The van der Waals surface area contributed by atoms with Gasteiger partial charge in [-0.1, -0.05) is 24.3 Å². The van der Waals surface area contributed by atoms with Gasteiger partial charge in [-0.2, -0.15) is 0 Å². The summed E-state index contributed by atoms with van der Waals surface area (Å²) in [4.78, 5) is 25.3. The van der Waals surface area contributed by atoms with E-state index >= 15 is 0 Å². The van der Waals surface area contributed by atoms with Crippen molar-refractivity contribution >= 4 is 11.9 Å². The van der Waals surface area contributed by atoms with Gasteiger partial charge in [-0.15, -0.1) is 0 Å². The van der Waals surface area contributed by atoms with E-state index in [1.807, 2.05) is 12.1 Å². The van der Waals surface area contributed by atoms with Crippen LogP contribution < -0.4 is 0 Å². The molecule has 2 aromatic rings. The van der Waals surface area contributed by atoms with Crippen LogP contribution in [0.2, 0.25) is 0 Å². The topological polar surface area (TPSA) is 57.6 Å². The maximum atomic E-state index is 13.7. The number of likely N-dealkylation sites (tertiary alicyclic amines) is 1. The molecule has 0 bridgehead atoms. The van der Waals surface area contributed by atoms with Crippen molar-refractivity contribution in [2.45, 2.75) is 25.7 Å². The molecular weight excluding hydrogens is 352 g/mol. The third-order valence-corrected chi connectivity index (χ3v) is 5.11. The number of hydrogen-bond donors (Lipinski definition) is 1. The van der Waals surface area contributed by atoms with E-state index in [9.17, 15) is 23.5 Å². The Hall–Kier alpha value is -2.76. The number of carboxylic acid groups (broad SMARTS) is 1. The van der Waals surface area contributed by atoms with Gasteiger partial charge in [-0.3, -0.25) is 4.79 Å². The molecule has 0 spiro atoms. The Labute approximate surface area is 156 Å². The number of piperidine rings is 1. The number of hydrogen-bond acceptors (Lipinski definition) is 2. The van der Waals surface area contributed by atoms with Crippen molar-refractivity contribution in [3.8, 4) is 0 Å². The van der Waals surface area contributed by atoms with Crippen LogP contribution in [0.4, 0.5) is 8.78 Å². The van der Waals surface area contributed by atoms with Gasteiger partial charge in [0.2, 0.25) is 5.91 Å². The van der Waals surface area contributed by atoms with Gasteiger partial charge in [0.25, 0.3) is 0 Å². The van der Waals surface area contributed by atoms with Crippen LogP contribution in [0.3, 0.4) is 0 Å². The largest absolute Gasteiger partial charge is 0.478 e. The molecule has 0 saturated carbocycles. The molecule has 1 saturated heterocycles. The highest BCUT2D eigenvalue weighted by molar-refractivity contribution is 5.89. The van der Waals surface area contributed by atoms with E-state index in [2.05, 4.69) is 0 Å². The molecule has 1 amide bonds. The molecule has 0 radical (unpaired) electrons. The van der Waals surface area contributed by atoms with Crippen LogP contribution in [0.15, 0.2) is 42.5 Å². The van der Waals surface area contributed by atoms with Gasteiger partial charge in [0.05, 0.1) is 12.0 Å². The minimum Gasteiger partial charge on any atom is -0.478 e. The number of benzene rings is 2. The highest BCUT2D eigenvalue weighted by atomic mass is 19.1. The standard InChI is InChI=1S/C21H21F2NO3/c22-18-6-3-7-19(23)17(18)13-20(25)24-10-8-14(9-11-24)12-15-4-1-2-5-16(15)21(26)27/h1-7,14H,8-13H2,(H,26,27). The van der Waals surface area contributed by atoms with Crippen LogP contribution in [-0.4, -0.2) is 35.0 Å². The molecule has 142 valence electrons. The van der Waals surface area contributed by atoms with Crippen molar-refractivity contribution in [3.05, 3.63) is 70.8 Å². The summed E-state index contributed by atoms with van der Waals surface area (Å²) >= 11 is 0. The average molecular weight is 373 g/mol. The van der Waals surface area contributed by atoms with Gasteiger partial charge in [0.15, 0.2) is 0 Å². The summed E-state index contributed by atoms with van der Waals surface area (Å²) in [5, 5.41) is 9.28. The molecule has 0 aliphatic carbocycles. The number of carbonyl (C=O) groups is 2. The molecule has 27 heavy (non-hydrogen) atoms. The molecule has 1 N–H and O–H groups in total. The molecule has 1 aliphatic rings. The number of halogens is 2. The summed E-state index contributed by atoms with van der Waals surface area (Å²) in [5.74, 6) is -2.36. The van der Waals surface area contributed by atoms with Crippen molar-refractivity contribution < 1.29 is 23.5 Å². The second-order valence-corrected chi connectivity index (χ2v) is 6.87. The summed E-state index contributed by atoms with van der Waals surface area (Å²) in [6.07, 6.45) is 1.83. The Balaban J connectivity index is 1.58. The summed E-state index contributed by atoms with van der Waals surface area (Å²) in [7, 11) is 0. The first-order valence-electron chi connectivity index (χ1n) is 8.97. The zero-order chi connectivity index (χ0) is 19.4. The zero-order valence-corrected chi connectivity index (χ0v) is 14.8. The van der Waals surface area contributed by atoms with Crippen molar-refractivity contribution in [1.82, 2.24) is 4.90 Å². The SMILES string of the molecule is O=C(O)c1ccccc1CC1CCN(C(=O)Cc2c(F)cccc2F)CC1. The van der Waals surface area contributed by atoms with E-state index in [1.165, 1.54) is 6.07 Å². The van der Waals surface area contributed by atoms with Gasteiger partial charge in [-0.25, -0.2) is 13.6 Å². The second kappa shape index (κ2) is 8.29. The number of nitrogens with zero attached hydrogens (tertiary/aromatic N) is 1. The Morgan fingerprint density at radius 3 is 2.26 bits per heavy atom. The molecule has 1 heterocycles. The third-order valence-electron chi connectivity index (χ3n) is 5.11. The van der Waals surface area contributed by atoms with Crippen LogP contribution in [0.1, 0.15) is 34.3 Å². The molecule has 0 atom stereocenters. The smallest absolute Gasteiger partial charge is 0.335 e. The predicted molar refractivity (Wildman–Crippen MR) is 96.5 cm³/mol. The highest BCUT2D eigenvalue weighted by Gasteiger charge is 2.25. The number of rotatable bonds is 5. The van der Waals surface area contributed by atoms with E-state index in [0.29, 0.717) is 25.1 Å². The van der Waals surface area contributed by atoms with Gasteiger partial charge in [0.1, 0.15) is 11.6 Å². The lowest BCUT2D eigenvalue weighted by atomic mass is 9.88. The van der Waals surface area contributed by atoms with Gasteiger partial charge >= 0.3 is 5.97 Å². The van der Waals surface area contributed by atoms with E-state index in [-0.39, 0.29) is 23.8 Å². The predicted octanol–water partition coefficient (Wildman–Crippen LogP) is 3.69. The number of carboxylic acids is 1. The lowest BCUT2D eigenvalue weighted by Gasteiger charge is -2.32. The molecule has 0 unspecified atom stereocenters.